The number of nitrogens with one attached hydrogen (secondary N) is 1. The summed E-state index contributed by atoms with van der Waals surface area (Å²) in [5.41, 5.74) is 0. The van der Waals surface area contributed by atoms with E-state index in [4.69, 9.17) is 0 Å². The summed E-state index contributed by atoms with van der Waals surface area (Å²) < 4.78 is 0. The third-order valence-corrected chi connectivity index (χ3v) is 11.6. The first kappa shape index (κ1) is 53.1. The van der Waals surface area contributed by atoms with Crippen molar-refractivity contribution in [3.63, 3.8) is 0 Å². The van der Waals surface area contributed by atoms with Gasteiger partial charge in [0.05, 0.1) is 31.3 Å². The predicted octanol–water partition coefficient (Wildman–Crippen LogP) is 14.4. The maximum Gasteiger partial charge on any atom is 0.222 e. The fourth-order valence-corrected chi connectivity index (χ4v) is 7.81. The van der Waals surface area contributed by atoms with Crippen LogP contribution in [0.2, 0.25) is 0 Å². The van der Waals surface area contributed by atoms with E-state index >= 15 is 0 Å². The minimum atomic E-state index is -0.924. The first-order valence-electron chi connectivity index (χ1n) is 24.5. The van der Waals surface area contributed by atoms with Crippen LogP contribution in [-0.2, 0) is 4.79 Å². The highest BCUT2D eigenvalue weighted by atomic mass is 16.3. The molecular formula is C49H97NO4. The quantitative estimate of drug-likeness (QED) is 0.0367. The fourth-order valence-electron chi connectivity index (χ4n) is 7.81. The number of rotatable bonds is 45. The summed E-state index contributed by atoms with van der Waals surface area (Å²) in [6.45, 7) is 4.23. The molecule has 0 radical (unpaired) electrons. The minimum absolute atomic E-state index is 0.0190. The van der Waals surface area contributed by atoms with Gasteiger partial charge in [-0.3, -0.25) is 4.79 Å². The Morgan fingerprint density at radius 2 is 0.759 bits per heavy atom. The smallest absolute Gasteiger partial charge is 0.222 e. The number of carbonyl (C=O) groups is 1. The average molecular weight is 764 g/mol. The van der Waals surface area contributed by atoms with Crippen molar-refractivity contribution in [3.05, 3.63) is 12.2 Å². The van der Waals surface area contributed by atoms with Crippen LogP contribution >= 0.6 is 0 Å². The van der Waals surface area contributed by atoms with E-state index in [0.29, 0.717) is 6.42 Å². The topological polar surface area (TPSA) is 89.8 Å². The van der Waals surface area contributed by atoms with Crippen LogP contribution in [0.4, 0.5) is 0 Å². The number of allylic oxidation sites excluding steroid dienone is 1. The van der Waals surface area contributed by atoms with Crippen molar-refractivity contribution < 1.29 is 20.1 Å². The summed E-state index contributed by atoms with van der Waals surface area (Å²) in [5.74, 6) is -0.311. The van der Waals surface area contributed by atoms with Crippen LogP contribution in [0.15, 0.2) is 12.2 Å². The Morgan fingerprint density at radius 3 is 1.07 bits per heavy atom. The highest BCUT2D eigenvalue weighted by Crippen LogP contribution is 2.17. The maximum atomic E-state index is 12.4. The normalized spacial score (nSPS) is 13.5. The van der Waals surface area contributed by atoms with Crippen molar-refractivity contribution in [3.8, 4) is 0 Å². The summed E-state index contributed by atoms with van der Waals surface area (Å²) in [7, 11) is 0. The molecule has 0 fully saturated rings. The van der Waals surface area contributed by atoms with Gasteiger partial charge in [0.2, 0.25) is 5.91 Å². The maximum absolute atomic E-state index is 12.4. The lowest BCUT2D eigenvalue weighted by Gasteiger charge is -2.21. The second kappa shape index (κ2) is 44.8. The highest BCUT2D eigenvalue weighted by Gasteiger charge is 2.20. The summed E-state index contributed by atoms with van der Waals surface area (Å²) in [6.07, 6.45) is 53.8. The molecule has 0 saturated carbocycles. The van der Waals surface area contributed by atoms with Crippen molar-refractivity contribution in [2.75, 3.05) is 6.61 Å². The lowest BCUT2D eigenvalue weighted by atomic mass is 10.0. The van der Waals surface area contributed by atoms with Crippen LogP contribution in [-0.4, -0.2) is 46.1 Å². The first-order valence-corrected chi connectivity index (χ1v) is 24.5. The molecule has 0 bridgehead atoms. The standard InChI is InChI=1S/C49H97NO4/c1-3-5-7-9-11-13-15-17-18-19-20-21-22-23-24-25-26-27-28-29-31-32-34-36-38-40-42-46(52)44-49(54)50-47(45-51)48(53)43-41-39-37-35-33-30-16-14-12-10-8-6-4-2/h41,43,46-48,51-53H,3-40,42,44-45H2,1-2H3,(H,50,54)/b43-41+/t46-,47+,48-/m1/s1. The summed E-state index contributed by atoms with van der Waals surface area (Å²) in [6, 6.07) is -0.739. The molecule has 0 aromatic rings. The Kier molecular flexibility index (Phi) is 44.0. The van der Waals surface area contributed by atoms with Crippen molar-refractivity contribution in [2.24, 2.45) is 0 Å². The minimum Gasteiger partial charge on any atom is -0.394 e. The number of aliphatic hydroxyl groups is 3. The summed E-state index contributed by atoms with van der Waals surface area (Å²) in [5, 5.41) is 33.3. The van der Waals surface area contributed by atoms with Crippen LogP contribution in [0, 0.1) is 0 Å². The third-order valence-electron chi connectivity index (χ3n) is 11.6. The van der Waals surface area contributed by atoms with Crippen LogP contribution in [0.25, 0.3) is 0 Å². The SMILES string of the molecule is CCCCCCCCCCCCC/C=C/[C@@H](O)[C@H](CO)NC(=O)C[C@H](O)CCCCCCCCCCCCCCCCCCCCCCCCCCCC. The molecule has 0 unspecified atom stereocenters. The number of amides is 1. The molecule has 0 aromatic carbocycles. The van der Waals surface area contributed by atoms with Gasteiger partial charge in [0, 0.05) is 0 Å². The second-order valence-electron chi connectivity index (χ2n) is 17.1. The van der Waals surface area contributed by atoms with Gasteiger partial charge in [0.1, 0.15) is 0 Å². The molecule has 0 aliphatic carbocycles. The zero-order valence-electron chi connectivity index (χ0n) is 36.6. The van der Waals surface area contributed by atoms with Gasteiger partial charge in [0.25, 0.3) is 0 Å². The van der Waals surface area contributed by atoms with E-state index < -0.39 is 18.2 Å². The van der Waals surface area contributed by atoms with Crippen molar-refractivity contribution in [2.45, 2.75) is 289 Å². The Labute approximate surface area is 338 Å². The summed E-state index contributed by atoms with van der Waals surface area (Å²) >= 11 is 0. The Hall–Kier alpha value is -0.910. The van der Waals surface area contributed by atoms with Crippen molar-refractivity contribution >= 4 is 5.91 Å². The van der Waals surface area contributed by atoms with Crippen LogP contribution < -0.4 is 5.32 Å². The Morgan fingerprint density at radius 1 is 0.463 bits per heavy atom. The van der Waals surface area contributed by atoms with Gasteiger partial charge >= 0.3 is 0 Å². The highest BCUT2D eigenvalue weighted by molar-refractivity contribution is 5.76. The predicted molar refractivity (Wildman–Crippen MR) is 236 cm³/mol. The van der Waals surface area contributed by atoms with Gasteiger partial charge in [-0.2, -0.15) is 0 Å². The third kappa shape index (κ3) is 40.7. The Bertz CT molecular complexity index is 758. The zero-order valence-corrected chi connectivity index (χ0v) is 36.6. The van der Waals surface area contributed by atoms with E-state index in [-0.39, 0.29) is 18.9 Å². The molecule has 0 heterocycles. The molecule has 0 saturated heterocycles. The van der Waals surface area contributed by atoms with E-state index in [1.165, 1.54) is 218 Å². The average Bonchev–Trinajstić information content (AvgIpc) is 3.16. The lowest BCUT2D eigenvalue weighted by Crippen LogP contribution is -2.45. The monoisotopic (exact) mass is 764 g/mol. The van der Waals surface area contributed by atoms with Gasteiger partial charge in [-0.05, 0) is 19.3 Å². The van der Waals surface area contributed by atoms with Crippen LogP contribution in [0.1, 0.15) is 271 Å². The number of aliphatic hydroxyl groups excluding tert-OH is 3. The molecule has 0 aromatic heterocycles. The van der Waals surface area contributed by atoms with E-state index in [9.17, 15) is 20.1 Å². The van der Waals surface area contributed by atoms with Gasteiger partial charge in [-0.25, -0.2) is 0 Å². The molecule has 0 spiro atoms. The molecule has 5 heteroatoms. The van der Waals surface area contributed by atoms with Gasteiger partial charge in [-0.15, -0.1) is 0 Å². The second-order valence-corrected chi connectivity index (χ2v) is 17.1. The zero-order chi connectivity index (χ0) is 39.4. The summed E-state index contributed by atoms with van der Waals surface area (Å²) in [4.78, 5) is 12.4. The molecule has 1 amide bonds. The first-order chi connectivity index (χ1) is 26.5. The molecule has 322 valence electrons. The number of hydrogen-bond acceptors (Lipinski definition) is 4. The largest absolute Gasteiger partial charge is 0.394 e. The Balaban J connectivity index is 3.52. The molecule has 0 aliphatic rings. The van der Waals surface area contributed by atoms with Crippen LogP contribution in [0.3, 0.4) is 0 Å². The van der Waals surface area contributed by atoms with E-state index in [0.717, 1.165) is 25.7 Å². The molecule has 5 nitrogen and oxygen atoms in total. The fraction of sp³-hybridized carbons (Fsp3) is 0.939. The van der Waals surface area contributed by atoms with Gasteiger partial charge < -0.3 is 20.6 Å². The van der Waals surface area contributed by atoms with Crippen molar-refractivity contribution in [1.82, 2.24) is 5.32 Å². The van der Waals surface area contributed by atoms with Gasteiger partial charge in [-0.1, -0.05) is 257 Å². The molecule has 0 aliphatic heterocycles. The molecule has 54 heavy (non-hydrogen) atoms. The van der Waals surface area contributed by atoms with Crippen LogP contribution in [0.5, 0.6) is 0 Å². The van der Waals surface area contributed by atoms with E-state index in [1.54, 1.807) is 6.08 Å². The van der Waals surface area contributed by atoms with E-state index in [2.05, 4.69) is 19.2 Å². The lowest BCUT2D eigenvalue weighted by molar-refractivity contribution is -0.124. The van der Waals surface area contributed by atoms with E-state index in [1.807, 2.05) is 6.08 Å². The molecule has 4 N–H and O–H groups in total. The molecule has 0 rings (SSSR count). The van der Waals surface area contributed by atoms with Gasteiger partial charge in [0.15, 0.2) is 0 Å². The molecular weight excluding hydrogens is 667 g/mol. The molecule has 3 atom stereocenters. The number of hydrogen-bond donors (Lipinski definition) is 4. The number of carbonyl (C=O) groups excluding carboxylic acids is 1. The van der Waals surface area contributed by atoms with Crippen molar-refractivity contribution in [1.29, 1.82) is 0 Å². The number of unbranched alkanes of at least 4 members (excludes halogenated alkanes) is 36.